The van der Waals surface area contributed by atoms with Crippen LogP contribution < -0.4 is 5.32 Å². The van der Waals surface area contributed by atoms with Crippen LogP contribution in [0.4, 0.5) is 0 Å². The first-order chi connectivity index (χ1) is 9.99. The Kier molecular flexibility index (Phi) is 5.15. The van der Waals surface area contributed by atoms with Crippen LogP contribution in [0.5, 0.6) is 0 Å². The van der Waals surface area contributed by atoms with Gasteiger partial charge in [0.1, 0.15) is 0 Å². The molecule has 3 nitrogen and oxygen atoms in total. The maximum atomic E-state index is 12.2. The van der Waals surface area contributed by atoms with Crippen molar-refractivity contribution in [1.82, 2.24) is 5.32 Å². The van der Waals surface area contributed by atoms with Gasteiger partial charge in [-0.25, -0.2) is 0 Å². The summed E-state index contributed by atoms with van der Waals surface area (Å²) in [5.41, 5.74) is 1.40. The molecular formula is C16H16ClNO2S. The van der Waals surface area contributed by atoms with Gasteiger partial charge in [0.05, 0.1) is 6.04 Å². The standard InChI is InChI=1S/C16H16ClNO2S/c1-11(14-5-3-4-6-15(14)17)18-16(19)12-7-9-13(10-8-12)21(2)20/h3-11H,1-2H3,(H,18,19). The minimum absolute atomic E-state index is 0.184. The Hall–Kier alpha value is -1.65. The van der Waals surface area contributed by atoms with E-state index in [1.807, 2.05) is 25.1 Å². The molecule has 0 aliphatic rings. The number of benzene rings is 2. The van der Waals surface area contributed by atoms with E-state index in [2.05, 4.69) is 5.32 Å². The normalized spacial score (nSPS) is 13.5. The van der Waals surface area contributed by atoms with Gasteiger partial charge >= 0.3 is 0 Å². The lowest BCUT2D eigenvalue weighted by atomic mass is 10.1. The van der Waals surface area contributed by atoms with Gasteiger partial charge in [-0.05, 0) is 42.8 Å². The van der Waals surface area contributed by atoms with Gasteiger partial charge in [0.2, 0.25) is 0 Å². The van der Waals surface area contributed by atoms with Crippen LogP contribution in [0, 0.1) is 0 Å². The van der Waals surface area contributed by atoms with Crippen LogP contribution in [-0.2, 0) is 10.8 Å². The predicted molar refractivity (Wildman–Crippen MR) is 86.1 cm³/mol. The lowest BCUT2D eigenvalue weighted by Crippen LogP contribution is -2.26. The molecule has 2 unspecified atom stereocenters. The van der Waals surface area contributed by atoms with Crippen LogP contribution in [0.15, 0.2) is 53.4 Å². The Morgan fingerprint density at radius 3 is 2.33 bits per heavy atom. The van der Waals surface area contributed by atoms with E-state index in [-0.39, 0.29) is 11.9 Å². The third kappa shape index (κ3) is 3.93. The van der Waals surface area contributed by atoms with Crippen LogP contribution in [0.1, 0.15) is 28.9 Å². The molecule has 5 heteroatoms. The number of rotatable bonds is 4. The van der Waals surface area contributed by atoms with Crippen molar-refractivity contribution < 1.29 is 9.00 Å². The van der Waals surface area contributed by atoms with E-state index in [0.717, 1.165) is 5.56 Å². The summed E-state index contributed by atoms with van der Waals surface area (Å²) >= 11 is 6.12. The monoisotopic (exact) mass is 321 g/mol. The summed E-state index contributed by atoms with van der Waals surface area (Å²) in [6, 6.07) is 14.0. The second-order valence-electron chi connectivity index (χ2n) is 4.70. The van der Waals surface area contributed by atoms with Crippen molar-refractivity contribution in [3.63, 3.8) is 0 Å². The quantitative estimate of drug-likeness (QED) is 0.935. The first-order valence-corrected chi connectivity index (χ1v) is 8.41. The smallest absolute Gasteiger partial charge is 0.251 e. The zero-order valence-corrected chi connectivity index (χ0v) is 13.4. The van der Waals surface area contributed by atoms with Gasteiger partial charge in [-0.3, -0.25) is 9.00 Å². The molecule has 0 radical (unpaired) electrons. The van der Waals surface area contributed by atoms with E-state index < -0.39 is 10.8 Å². The highest BCUT2D eigenvalue weighted by molar-refractivity contribution is 7.84. The number of hydrogen-bond donors (Lipinski definition) is 1. The molecule has 0 aliphatic carbocycles. The Morgan fingerprint density at radius 1 is 1.14 bits per heavy atom. The fraction of sp³-hybridized carbons (Fsp3) is 0.188. The molecule has 0 fully saturated rings. The molecule has 2 atom stereocenters. The molecule has 0 saturated carbocycles. The van der Waals surface area contributed by atoms with Gasteiger partial charge in [-0.2, -0.15) is 0 Å². The number of carbonyl (C=O) groups excluding carboxylic acids is 1. The number of halogens is 1. The van der Waals surface area contributed by atoms with E-state index in [9.17, 15) is 9.00 Å². The first kappa shape index (κ1) is 15.7. The second-order valence-corrected chi connectivity index (χ2v) is 6.48. The Balaban J connectivity index is 2.11. The molecule has 2 aromatic rings. The van der Waals surface area contributed by atoms with E-state index in [4.69, 9.17) is 11.6 Å². The lowest BCUT2D eigenvalue weighted by molar-refractivity contribution is 0.0940. The predicted octanol–water partition coefficient (Wildman–Crippen LogP) is 3.57. The van der Waals surface area contributed by atoms with E-state index >= 15 is 0 Å². The first-order valence-electron chi connectivity index (χ1n) is 6.48. The van der Waals surface area contributed by atoms with Crippen molar-refractivity contribution in [2.75, 3.05) is 6.26 Å². The van der Waals surface area contributed by atoms with Crippen molar-refractivity contribution in [2.45, 2.75) is 17.9 Å². The average molecular weight is 322 g/mol. The van der Waals surface area contributed by atoms with Crippen molar-refractivity contribution in [3.05, 3.63) is 64.7 Å². The lowest BCUT2D eigenvalue weighted by Gasteiger charge is -2.15. The summed E-state index contributed by atoms with van der Waals surface area (Å²) < 4.78 is 11.3. The molecule has 2 rings (SSSR count). The molecule has 0 saturated heterocycles. The van der Waals surface area contributed by atoms with Gasteiger partial charge in [0.25, 0.3) is 5.91 Å². The summed E-state index contributed by atoms with van der Waals surface area (Å²) in [6.45, 7) is 1.88. The van der Waals surface area contributed by atoms with Crippen molar-refractivity contribution >= 4 is 28.3 Å². The minimum atomic E-state index is -1.04. The van der Waals surface area contributed by atoms with Crippen molar-refractivity contribution in [2.24, 2.45) is 0 Å². The fourth-order valence-corrected chi connectivity index (χ4v) is 2.80. The van der Waals surface area contributed by atoms with Crippen molar-refractivity contribution in [3.8, 4) is 0 Å². The van der Waals surface area contributed by atoms with Gasteiger partial charge in [0.15, 0.2) is 0 Å². The zero-order chi connectivity index (χ0) is 15.4. The Labute approximate surface area is 131 Å². The number of nitrogens with one attached hydrogen (secondary N) is 1. The molecule has 0 aromatic heterocycles. The third-order valence-electron chi connectivity index (χ3n) is 3.17. The molecule has 2 aromatic carbocycles. The topological polar surface area (TPSA) is 46.2 Å². The molecule has 21 heavy (non-hydrogen) atoms. The molecule has 0 bridgehead atoms. The van der Waals surface area contributed by atoms with Crippen LogP contribution in [0.2, 0.25) is 5.02 Å². The van der Waals surface area contributed by atoms with Gasteiger partial charge in [-0.15, -0.1) is 0 Å². The number of hydrogen-bond acceptors (Lipinski definition) is 2. The van der Waals surface area contributed by atoms with Crippen molar-refractivity contribution in [1.29, 1.82) is 0 Å². The molecular weight excluding hydrogens is 306 g/mol. The maximum Gasteiger partial charge on any atom is 0.251 e. The fourth-order valence-electron chi connectivity index (χ4n) is 1.98. The van der Waals surface area contributed by atoms with Crippen LogP contribution in [0.25, 0.3) is 0 Å². The largest absolute Gasteiger partial charge is 0.345 e. The van der Waals surface area contributed by atoms with Crippen LogP contribution in [-0.4, -0.2) is 16.4 Å². The minimum Gasteiger partial charge on any atom is -0.345 e. The molecule has 1 N–H and O–H groups in total. The Morgan fingerprint density at radius 2 is 1.76 bits per heavy atom. The number of carbonyl (C=O) groups is 1. The second kappa shape index (κ2) is 6.87. The third-order valence-corrected chi connectivity index (χ3v) is 4.45. The summed E-state index contributed by atoms with van der Waals surface area (Å²) in [4.78, 5) is 12.9. The van der Waals surface area contributed by atoms with E-state index in [1.54, 1.807) is 36.6 Å². The summed E-state index contributed by atoms with van der Waals surface area (Å²) in [7, 11) is -1.04. The van der Waals surface area contributed by atoms with Gasteiger partial charge in [-0.1, -0.05) is 29.8 Å². The van der Waals surface area contributed by atoms with Crippen LogP contribution in [0.3, 0.4) is 0 Å². The van der Waals surface area contributed by atoms with E-state index in [1.165, 1.54) is 0 Å². The Bertz CT molecular complexity index is 670. The highest BCUT2D eigenvalue weighted by atomic mass is 35.5. The van der Waals surface area contributed by atoms with Gasteiger partial charge in [0, 0.05) is 32.5 Å². The molecule has 0 aliphatic heterocycles. The summed E-state index contributed by atoms with van der Waals surface area (Å²) in [5.74, 6) is -0.184. The highest BCUT2D eigenvalue weighted by Crippen LogP contribution is 2.22. The molecule has 1 amide bonds. The highest BCUT2D eigenvalue weighted by Gasteiger charge is 2.13. The summed E-state index contributed by atoms with van der Waals surface area (Å²) in [5, 5.41) is 3.53. The SMILES string of the molecule is CC(NC(=O)c1ccc(S(C)=O)cc1)c1ccccc1Cl. The zero-order valence-electron chi connectivity index (χ0n) is 11.8. The molecule has 0 heterocycles. The molecule has 0 spiro atoms. The van der Waals surface area contributed by atoms with Crippen LogP contribution >= 0.6 is 11.6 Å². The number of amides is 1. The van der Waals surface area contributed by atoms with Gasteiger partial charge < -0.3 is 5.32 Å². The van der Waals surface area contributed by atoms with E-state index in [0.29, 0.717) is 15.5 Å². The summed E-state index contributed by atoms with van der Waals surface area (Å²) in [6.07, 6.45) is 1.61. The average Bonchev–Trinajstić information content (AvgIpc) is 2.47. The maximum absolute atomic E-state index is 12.2. The molecule has 110 valence electrons.